The normalized spacial score (nSPS) is 15.2. The van der Waals surface area contributed by atoms with Gasteiger partial charge in [-0.05, 0) is 55.3 Å². The molecule has 3 rings (SSSR count). The highest BCUT2D eigenvalue weighted by Crippen LogP contribution is 2.21. The predicted molar refractivity (Wildman–Crippen MR) is 105 cm³/mol. The highest BCUT2D eigenvalue weighted by atomic mass is 32.2. The van der Waals surface area contributed by atoms with Gasteiger partial charge in [0, 0.05) is 18.7 Å². The average molecular weight is 440 g/mol. The first kappa shape index (κ1) is 21.2. The third kappa shape index (κ3) is 4.75. The van der Waals surface area contributed by atoms with Crippen LogP contribution >= 0.6 is 0 Å². The number of benzene rings is 2. The van der Waals surface area contributed by atoms with Gasteiger partial charge in [0.2, 0.25) is 10.0 Å². The van der Waals surface area contributed by atoms with Gasteiger partial charge in [-0.1, -0.05) is 6.07 Å². The van der Waals surface area contributed by atoms with Crippen LogP contribution in [-0.2, 0) is 20.0 Å². The Balaban J connectivity index is 1.72. The molecule has 1 heterocycles. The van der Waals surface area contributed by atoms with Gasteiger partial charge in [-0.15, -0.1) is 4.83 Å². The van der Waals surface area contributed by atoms with Crippen molar-refractivity contribution in [2.75, 3.05) is 20.2 Å². The molecular formula is C18H21N3O6S2. The molecule has 1 saturated heterocycles. The van der Waals surface area contributed by atoms with Crippen molar-refractivity contribution in [3.8, 4) is 5.75 Å². The van der Waals surface area contributed by atoms with Crippen LogP contribution in [0.2, 0.25) is 0 Å². The quantitative estimate of drug-likeness (QED) is 0.623. The number of nitrogens with zero attached hydrogens (tertiary/aromatic N) is 1. The zero-order chi connectivity index (χ0) is 21.1. The van der Waals surface area contributed by atoms with E-state index in [-0.39, 0.29) is 15.4 Å². The van der Waals surface area contributed by atoms with E-state index in [0.29, 0.717) is 18.8 Å². The minimum atomic E-state index is -4.00. The second-order valence-corrected chi connectivity index (χ2v) is 9.99. The largest absolute Gasteiger partial charge is 0.497 e. The fourth-order valence-corrected chi connectivity index (χ4v) is 5.28. The topological polar surface area (TPSA) is 122 Å². The fraction of sp³-hybridized carbons (Fsp3) is 0.278. The van der Waals surface area contributed by atoms with Crippen LogP contribution in [0.25, 0.3) is 0 Å². The van der Waals surface area contributed by atoms with Crippen LogP contribution in [0.5, 0.6) is 5.75 Å². The summed E-state index contributed by atoms with van der Waals surface area (Å²) in [6, 6.07) is 11.1. The predicted octanol–water partition coefficient (Wildman–Crippen LogP) is 1.10. The summed E-state index contributed by atoms with van der Waals surface area (Å²) in [4.78, 5) is 14.3. The van der Waals surface area contributed by atoms with Gasteiger partial charge in [-0.3, -0.25) is 10.2 Å². The van der Waals surface area contributed by atoms with Crippen molar-refractivity contribution in [1.82, 2.24) is 14.6 Å². The first-order valence-corrected chi connectivity index (χ1v) is 11.7. The van der Waals surface area contributed by atoms with Gasteiger partial charge < -0.3 is 4.74 Å². The Bertz CT molecular complexity index is 1090. The summed E-state index contributed by atoms with van der Waals surface area (Å²) in [6.45, 7) is 0.890. The van der Waals surface area contributed by atoms with E-state index in [0.717, 1.165) is 12.8 Å². The lowest BCUT2D eigenvalue weighted by atomic mass is 10.2. The van der Waals surface area contributed by atoms with Gasteiger partial charge in [0.25, 0.3) is 15.9 Å². The van der Waals surface area contributed by atoms with Crippen molar-refractivity contribution in [2.24, 2.45) is 0 Å². The lowest BCUT2D eigenvalue weighted by Crippen LogP contribution is -2.41. The molecule has 1 amide bonds. The summed E-state index contributed by atoms with van der Waals surface area (Å²) >= 11 is 0. The molecule has 29 heavy (non-hydrogen) atoms. The van der Waals surface area contributed by atoms with E-state index in [2.05, 4.69) is 5.43 Å². The van der Waals surface area contributed by atoms with Gasteiger partial charge >= 0.3 is 0 Å². The third-order valence-corrected chi connectivity index (χ3v) is 7.63. The van der Waals surface area contributed by atoms with E-state index >= 15 is 0 Å². The lowest BCUT2D eigenvalue weighted by Gasteiger charge is -2.16. The molecule has 2 aromatic carbocycles. The number of amides is 1. The summed E-state index contributed by atoms with van der Waals surface area (Å²) in [5, 5.41) is 0. The number of nitrogens with one attached hydrogen (secondary N) is 2. The van der Waals surface area contributed by atoms with Crippen molar-refractivity contribution in [3.63, 3.8) is 0 Å². The van der Waals surface area contributed by atoms with Crippen LogP contribution in [0, 0.1) is 0 Å². The number of hydrogen-bond donors (Lipinski definition) is 2. The molecule has 0 spiro atoms. The smallest absolute Gasteiger partial charge is 0.266 e. The molecule has 9 nitrogen and oxygen atoms in total. The second kappa shape index (κ2) is 8.49. The molecule has 0 aromatic heterocycles. The Labute approximate surface area is 169 Å². The Morgan fingerprint density at radius 2 is 1.62 bits per heavy atom. The Hall–Kier alpha value is -2.47. The highest BCUT2D eigenvalue weighted by molar-refractivity contribution is 7.89. The maximum atomic E-state index is 12.6. The number of ether oxygens (including phenoxy) is 1. The van der Waals surface area contributed by atoms with Gasteiger partial charge in [-0.2, -0.15) is 4.31 Å². The van der Waals surface area contributed by atoms with Crippen LogP contribution in [0.3, 0.4) is 0 Å². The van der Waals surface area contributed by atoms with Gasteiger partial charge in [0.1, 0.15) is 5.75 Å². The summed E-state index contributed by atoms with van der Waals surface area (Å²) in [6.07, 6.45) is 1.60. The molecule has 0 aliphatic carbocycles. The number of carbonyl (C=O) groups is 1. The molecule has 1 aliphatic heterocycles. The number of carbonyl (C=O) groups excluding carboxylic acids is 1. The first-order chi connectivity index (χ1) is 13.7. The molecule has 2 N–H and O–H groups in total. The maximum absolute atomic E-state index is 12.6. The van der Waals surface area contributed by atoms with E-state index < -0.39 is 26.0 Å². The number of methoxy groups -OCH3 is 1. The molecule has 2 aromatic rings. The molecular weight excluding hydrogens is 418 g/mol. The summed E-state index contributed by atoms with van der Waals surface area (Å²) in [7, 11) is -6.23. The molecule has 1 fully saturated rings. The van der Waals surface area contributed by atoms with Gasteiger partial charge in [0.05, 0.1) is 16.9 Å². The molecule has 0 atom stereocenters. The number of sulfonamides is 2. The third-order valence-electron chi connectivity index (χ3n) is 4.47. The van der Waals surface area contributed by atoms with Crippen molar-refractivity contribution in [1.29, 1.82) is 0 Å². The van der Waals surface area contributed by atoms with E-state index in [4.69, 9.17) is 4.74 Å². The minimum absolute atomic E-state index is 0.00920. The molecule has 0 unspecified atom stereocenters. The number of hydrazine groups is 1. The van der Waals surface area contributed by atoms with Crippen LogP contribution in [0.15, 0.2) is 58.3 Å². The van der Waals surface area contributed by atoms with E-state index in [9.17, 15) is 21.6 Å². The standard InChI is InChI=1S/C18H21N3O6S2/c1-27-15-7-9-16(10-8-15)28(23,24)20-19-18(22)14-5-4-6-17(13-14)29(25,26)21-11-2-3-12-21/h4-10,13,20H,2-3,11-12H2,1H3,(H,19,22). The zero-order valence-corrected chi connectivity index (χ0v) is 17.3. The van der Waals surface area contributed by atoms with Crippen LogP contribution in [0.1, 0.15) is 23.2 Å². The minimum Gasteiger partial charge on any atom is -0.497 e. The van der Waals surface area contributed by atoms with Gasteiger partial charge in [-0.25, -0.2) is 16.8 Å². The molecule has 0 radical (unpaired) electrons. The Kier molecular flexibility index (Phi) is 6.22. The highest BCUT2D eigenvalue weighted by Gasteiger charge is 2.27. The molecule has 0 bridgehead atoms. The monoisotopic (exact) mass is 439 g/mol. The fourth-order valence-electron chi connectivity index (χ4n) is 2.87. The van der Waals surface area contributed by atoms with Crippen molar-refractivity contribution in [2.45, 2.75) is 22.6 Å². The first-order valence-electron chi connectivity index (χ1n) is 8.80. The molecule has 11 heteroatoms. The van der Waals surface area contributed by atoms with E-state index in [1.54, 1.807) is 0 Å². The van der Waals surface area contributed by atoms with E-state index in [1.807, 2.05) is 4.83 Å². The lowest BCUT2D eigenvalue weighted by molar-refractivity contribution is 0.0945. The van der Waals surface area contributed by atoms with Crippen LogP contribution in [-0.4, -0.2) is 47.2 Å². The van der Waals surface area contributed by atoms with Gasteiger partial charge in [0.15, 0.2) is 0 Å². The average Bonchev–Trinajstić information content (AvgIpc) is 3.28. The summed E-state index contributed by atoms with van der Waals surface area (Å²) < 4.78 is 56.2. The van der Waals surface area contributed by atoms with Crippen molar-refractivity contribution >= 4 is 26.0 Å². The SMILES string of the molecule is COc1ccc(S(=O)(=O)NNC(=O)c2cccc(S(=O)(=O)N3CCCC3)c2)cc1. The molecule has 0 saturated carbocycles. The van der Waals surface area contributed by atoms with Crippen LogP contribution in [0.4, 0.5) is 0 Å². The van der Waals surface area contributed by atoms with Crippen molar-refractivity contribution < 1.29 is 26.4 Å². The number of rotatable bonds is 7. The zero-order valence-electron chi connectivity index (χ0n) is 15.7. The summed E-state index contributed by atoms with van der Waals surface area (Å²) in [5.74, 6) is -0.287. The van der Waals surface area contributed by atoms with E-state index in [1.165, 1.54) is 59.9 Å². The Morgan fingerprint density at radius 3 is 2.24 bits per heavy atom. The van der Waals surface area contributed by atoms with Crippen LogP contribution < -0.4 is 15.0 Å². The Morgan fingerprint density at radius 1 is 0.966 bits per heavy atom. The number of hydrogen-bond acceptors (Lipinski definition) is 6. The maximum Gasteiger partial charge on any atom is 0.266 e. The molecule has 156 valence electrons. The second-order valence-electron chi connectivity index (χ2n) is 6.37. The molecule has 1 aliphatic rings. The van der Waals surface area contributed by atoms with Crippen molar-refractivity contribution in [3.05, 3.63) is 54.1 Å². The summed E-state index contributed by atoms with van der Waals surface area (Å²) in [5.41, 5.74) is 2.11.